The predicted molar refractivity (Wildman–Crippen MR) is 74.6 cm³/mol. The summed E-state index contributed by atoms with van der Waals surface area (Å²) in [7, 11) is 1.61. The number of hydrogen-bond acceptors (Lipinski definition) is 7. The first-order chi connectivity index (χ1) is 9.76. The first-order valence-electron chi connectivity index (χ1n) is 5.93. The van der Waals surface area contributed by atoms with Crippen LogP contribution >= 0.6 is 11.3 Å². The van der Waals surface area contributed by atoms with Gasteiger partial charge in [0, 0.05) is 12.8 Å². The first-order valence-corrected chi connectivity index (χ1v) is 6.75. The number of fused-ring (bicyclic) bond motifs is 1. The molecule has 0 saturated heterocycles. The summed E-state index contributed by atoms with van der Waals surface area (Å²) in [5.74, 6) is 1.43. The molecule has 7 nitrogen and oxygen atoms in total. The van der Waals surface area contributed by atoms with E-state index >= 15 is 0 Å². The average Bonchev–Trinajstić information content (AvgIpc) is 3.00. The minimum absolute atomic E-state index is 0.378. The molecule has 0 amide bonds. The number of methoxy groups -OCH3 is 1. The molecular weight excluding hydrogens is 278 g/mol. The lowest BCUT2D eigenvalue weighted by Crippen LogP contribution is -2.00. The topological polar surface area (TPSA) is 87.6 Å². The summed E-state index contributed by atoms with van der Waals surface area (Å²) in [5.41, 5.74) is 6.33. The van der Waals surface area contributed by atoms with Crippen LogP contribution in [0.3, 0.4) is 0 Å². The fourth-order valence-corrected chi connectivity index (χ4v) is 2.45. The van der Waals surface area contributed by atoms with Gasteiger partial charge in [-0.15, -0.1) is 10.2 Å². The van der Waals surface area contributed by atoms with E-state index in [9.17, 15) is 0 Å². The zero-order chi connectivity index (χ0) is 13.9. The summed E-state index contributed by atoms with van der Waals surface area (Å²) in [6.07, 6.45) is 0. The lowest BCUT2D eigenvalue weighted by Gasteiger charge is -2.03. The summed E-state index contributed by atoms with van der Waals surface area (Å²) in [4.78, 5) is 0.730. The second-order valence-corrected chi connectivity index (χ2v) is 5.14. The number of aromatic nitrogens is 4. The van der Waals surface area contributed by atoms with Crippen molar-refractivity contribution in [3.05, 3.63) is 35.1 Å². The van der Waals surface area contributed by atoms with Gasteiger partial charge < -0.3 is 15.2 Å². The van der Waals surface area contributed by atoms with Gasteiger partial charge in [0.05, 0.1) is 0 Å². The van der Waals surface area contributed by atoms with E-state index in [0.717, 1.165) is 15.7 Å². The van der Waals surface area contributed by atoms with Gasteiger partial charge in [0.25, 0.3) is 0 Å². The van der Waals surface area contributed by atoms with Crippen LogP contribution in [-0.2, 0) is 18.0 Å². The maximum Gasteiger partial charge on any atom is 0.234 e. The monoisotopic (exact) mass is 291 g/mol. The molecule has 2 heterocycles. The number of nitrogens with two attached hydrogens (primary N) is 1. The molecule has 0 aliphatic heterocycles. The van der Waals surface area contributed by atoms with E-state index < -0.39 is 0 Å². The molecule has 8 heteroatoms. The molecule has 2 N–H and O–H groups in total. The Morgan fingerprint density at radius 2 is 2.00 bits per heavy atom. The van der Waals surface area contributed by atoms with E-state index in [0.29, 0.717) is 24.7 Å². The van der Waals surface area contributed by atoms with Gasteiger partial charge >= 0.3 is 0 Å². The molecule has 20 heavy (non-hydrogen) atoms. The Morgan fingerprint density at radius 1 is 1.20 bits per heavy atom. The molecule has 0 unspecified atom stereocenters. The van der Waals surface area contributed by atoms with Gasteiger partial charge in [-0.3, -0.25) is 0 Å². The third kappa shape index (κ3) is 2.56. The Kier molecular flexibility index (Phi) is 3.48. The fraction of sp³-hybridized carbons (Fsp3) is 0.250. The number of nitrogens with zero attached hydrogens (tertiary/aromatic N) is 4. The molecule has 3 aromatic rings. The Bertz CT molecular complexity index is 706. The number of ether oxygens (including phenoxy) is 2. The van der Waals surface area contributed by atoms with Crippen LogP contribution in [0.5, 0.6) is 5.75 Å². The van der Waals surface area contributed by atoms with Crippen LogP contribution in [0, 0.1) is 0 Å². The van der Waals surface area contributed by atoms with Crippen LogP contribution in [-0.4, -0.2) is 26.9 Å². The van der Waals surface area contributed by atoms with Crippen LogP contribution in [0.1, 0.15) is 10.8 Å². The van der Waals surface area contributed by atoms with E-state index in [1.165, 1.54) is 11.3 Å². The Morgan fingerprint density at radius 3 is 2.75 bits per heavy atom. The highest BCUT2D eigenvalue weighted by atomic mass is 32.1. The molecular formula is C12H13N5O2S. The predicted octanol–water partition coefficient (Wildman–Crippen LogP) is 1.49. The van der Waals surface area contributed by atoms with E-state index in [1.807, 2.05) is 12.1 Å². The molecule has 104 valence electrons. The molecule has 0 aliphatic rings. The minimum atomic E-state index is 0.378. The van der Waals surface area contributed by atoms with Gasteiger partial charge in [-0.05, 0) is 24.3 Å². The highest BCUT2D eigenvalue weighted by Crippen LogP contribution is 2.18. The van der Waals surface area contributed by atoms with Crippen molar-refractivity contribution in [1.29, 1.82) is 0 Å². The summed E-state index contributed by atoms with van der Waals surface area (Å²) in [5, 5.41) is 13.3. The zero-order valence-electron chi connectivity index (χ0n) is 10.8. The van der Waals surface area contributed by atoms with Gasteiger partial charge in [-0.25, -0.2) is 0 Å². The smallest absolute Gasteiger partial charge is 0.234 e. The third-order valence-electron chi connectivity index (χ3n) is 2.61. The van der Waals surface area contributed by atoms with Crippen LogP contribution in [0.25, 0.3) is 4.96 Å². The number of hydrogen-bond donors (Lipinski definition) is 1. The third-order valence-corrected chi connectivity index (χ3v) is 3.49. The molecule has 1 aromatic carbocycles. The van der Waals surface area contributed by atoms with Gasteiger partial charge in [0.1, 0.15) is 19.0 Å². The Hall–Kier alpha value is -2.19. The number of rotatable bonds is 5. The molecule has 0 radical (unpaired) electrons. The summed E-state index contributed by atoms with van der Waals surface area (Å²) < 4.78 is 12.4. The van der Waals surface area contributed by atoms with Crippen molar-refractivity contribution in [1.82, 2.24) is 19.8 Å². The Labute approximate surface area is 119 Å². The van der Waals surface area contributed by atoms with Crippen LogP contribution < -0.4 is 10.5 Å². The quantitative estimate of drug-likeness (QED) is 0.717. The van der Waals surface area contributed by atoms with Crippen LogP contribution in [0.4, 0.5) is 5.69 Å². The van der Waals surface area contributed by atoms with E-state index in [1.54, 1.807) is 23.8 Å². The van der Waals surface area contributed by atoms with Crippen molar-refractivity contribution in [3.63, 3.8) is 0 Å². The van der Waals surface area contributed by atoms with Crippen molar-refractivity contribution in [3.8, 4) is 5.75 Å². The second kappa shape index (κ2) is 5.43. The minimum Gasteiger partial charge on any atom is -0.486 e. The van der Waals surface area contributed by atoms with Gasteiger partial charge in [0.15, 0.2) is 10.8 Å². The average molecular weight is 291 g/mol. The van der Waals surface area contributed by atoms with Crippen molar-refractivity contribution in [2.24, 2.45) is 0 Å². The van der Waals surface area contributed by atoms with Crippen LogP contribution in [0.2, 0.25) is 0 Å². The molecule has 0 aliphatic carbocycles. The largest absolute Gasteiger partial charge is 0.486 e. The molecule has 3 rings (SSSR count). The molecule has 0 spiro atoms. The van der Waals surface area contributed by atoms with Gasteiger partial charge in [-0.2, -0.15) is 9.61 Å². The molecule has 0 fully saturated rings. The van der Waals surface area contributed by atoms with E-state index in [-0.39, 0.29) is 0 Å². The number of anilines is 1. The SMILES string of the molecule is COCc1nnc2sc(COc3ccc(N)cc3)nn12. The van der Waals surface area contributed by atoms with Crippen molar-refractivity contribution >= 4 is 22.0 Å². The molecule has 2 aromatic heterocycles. The second-order valence-electron chi connectivity index (χ2n) is 4.10. The van der Waals surface area contributed by atoms with Crippen molar-refractivity contribution in [2.75, 3.05) is 12.8 Å². The maximum absolute atomic E-state index is 5.65. The lowest BCUT2D eigenvalue weighted by molar-refractivity contribution is 0.176. The van der Waals surface area contributed by atoms with Gasteiger partial charge in [-0.1, -0.05) is 11.3 Å². The molecule has 0 saturated carbocycles. The zero-order valence-corrected chi connectivity index (χ0v) is 11.6. The normalized spacial score (nSPS) is 11.1. The summed E-state index contributed by atoms with van der Waals surface area (Å²) >= 11 is 1.44. The summed E-state index contributed by atoms with van der Waals surface area (Å²) in [6, 6.07) is 7.24. The lowest BCUT2D eigenvalue weighted by atomic mass is 10.3. The fourth-order valence-electron chi connectivity index (χ4n) is 1.68. The van der Waals surface area contributed by atoms with Crippen molar-refractivity contribution in [2.45, 2.75) is 13.2 Å². The van der Waals surface area contributed by atoms with Gasteiger partial charge in [0.2, 0.25) is 4.96 Å². The highest BCUT2D eigenvalue weighted by molar-refractivity contribution is 7.16. The van der Waals surface area contributed by atoms with E-state index in [4.69, 9.17) is 15.2 Å². The number of nitrogen functional groups attached to an aromatic ring is 1. The molecule has 0 bridgehead atoms. The highest BCUT2D eigenvalue weighted by Gasteiger charge is 2.11. The van der Waals surface area contributed by atoms with Crippen molar-refractivity contribution < 1.29 is 9.47 Å². The number of benzene rings is 1. The Balaban J connectivity index is 1.72. The van der Waals surface area contributed by atoms with Crippen LogP contribution in [0.15, 0.2) is 24.3 Å². The maximum atomic E-state index is 5.65. The first kappa shape index (κ1) is 12.8. The summed E-state index contributed by atoms with van der Waals surface area (Å²) in [6.45, 7) is 0.757. The van der Waals surface area contributed by atoms with E-state index in [2.05, 4.69) is 15.3 Å². The standard InChI is InChI=1S/C12H13N5O2S/c1-18-6-10-14-15-12-17(10)16-11(20-12)7-19-9-4-2-8(13)3-5-9/h2-5H,6-7,13H2,1H3. The molecule has 0 atom stereocenters.